The number of hydrogen-bond donors (Lipinski definition) is 0. The van der Waals surface area contributed by atoms with Crippen LogP contribution in [0.2, 0.25) is 0 Å². The van der Waals surface area contributed by atoms with Gasteiger partial charge in [0.05, 0.1) is 0 Å². The van der Waals surface area contributed by atoms with Gasteiger partial charge in [0.1, 0.15) is 6.10 Å². The molecule has 62 valence electrons. The summed E-state index contributed by atoms with van der Waals surface area (Å²) in [6.45, 7) is 5.15. The molecule has 0 spiro atoms. The molecule has 0 heterocycles. The van der Waals surface area contributed by atoms with Gasteiger partial charge in [0.25, 0.3) is 0 Å². The van der Waals surface area contributed by atoms with Gasteiger partial charge in [-0.25, -0.2) is 0 Å². The van der Waals surface area contributed by atoms with E-state index in [2.05, 4.69) is 0 Å². The van der Waals surface area contributed by atoms with Crippen LogP contribution >= 0.6 is 0 Å². The predicted molar refractivity (Wildman–Crippen MR) is 45.2 cm³/mol. The average Bonchev–Trinajstić information content (AvgIpc) is 1.86. The Morgan fingerprint density at radius 2 is 2.09 bits per heavy atom. The quantitative estimate of drug-likeness (QED) is 0.459. The fourth-order valence-electron chi connectivity index (χ4n) is 0.633. The van der Waals surface area contributed by atoms with Gasteiger partial charge in [-0.05, 0) is 19.9 Å². The highest BCUT2D eigenvalue weighted by Crippen LogP contribution is 1.93. The minimum Gasteiger partial charge on any atom is -0.459 e. The number of hydrogen-bond acceptors (Lipinski definition) is 2. The van der Waals surface area contributed by atoms with E-state index in [0.29, 0.717) is 0 Å². The summed E-state index contributed by atoms with van der Waals surface area (Å²) >= 11 is 0. The van der Waals surface area contributed by atoms with Crippen LogP contribution in [0.15, 0.2) is 24.3 Å². The Morgan fingerprint density at radius 1 is 1.45 bits per heavy atom. The first-order valence-electron chi connectivity index (χ1n) is 3.63. The van der Waals surface area contributed by atoms with Gasteiger partial charge in [0.2, 0.25) is 0 Å². The first-order chi connectivity index (χ1) is 5.16. The van der Waals surface area contributed by atoms with Crippen molar-refractivity contribution in [3.8, 4) is 0 Å². The third-order valence-electron chi connectivity index (χ3n) is 1.04. The number of rotatable bonds is 3. The highest BCUT2D eigenvalue weighted by atomic mass is 16.5. The van der Waals surface area contributed by atoms with Crippen LogP contribution in [0.25, 0.3) is 0 Å². The second-order valence-corrected chi connectivity index (χ2v) is 2.23. The molecule has 0 radical (unpaired) electrons. The SMILES string of the molecule is C/C=C/C=CC(C)OC(C)=O. The third-order valence-corrected chi connectivity index (χ3v) is 1.04. The van der Waals surface area contributed by atoms with Crippen molar-refractivity contribution in [3.63, 3.8) is 0 Å². The molecule has 0 aliphatic carbocycles. The van der Waals surface area contributed by atoms with Gasteiger partial charge in [0.15, 0.2) is 0 Å². The Labute approximate surface area is 67.6 Å². The Balaban J connectivity index is 3.67. The molecular weight excluding hydrogens is 140 g/mol. The highest BCUT2D eigenvalue weighted by Gasteiger charge is 1.97. The normalized spacial score (nSPS) is 14.1. The molecule has 0 bridgehead atoms. The van der Waals surface area contributed by atoms with E-state index in [-0.39, 0.29) is 12.1 Å². The van der Waals surface area contributed by atoms with Gasteiger partial charge in [-0.15, -0.1) is 0 Å². The monoisotopic (exact) mass is 154 g/mol. The van der Waals surface area contributed by atoms with Crippen molar-refractivity contribution in [3.05, 3.63) is 24.3 Å². The zero-order valence-electron chi connectivity index (χ0n) is 7.20. The lowest BCUT2D eigenvalue weighted by atomic mass is 10.3. The molecule has 2 nitrogen and oxygen atoms in total. The first kappa shape index (κ1) is 9.95. The van der Waals surface area contributed by atoms with Crippen LogP contribution in [0, 0.1) is 0 Å². The average molecular weight is 154 g/mol. The van der Waals surface area contributed by atoms with Crippen molar-refractivity contribution in [1.82, 2.24) is 0 Å². The van der Waals surface area contributed by atoms with Gasteiger partial charge in [-0.2, -0.15) is 0 Å². The minimum absolute atomic E-state index is 0.135. The minimum atomic E-state index is -0.248. The van der Waals surface area contributed by atoms with Crippen LogP contribution in [0.4, 0.5) is 0 Å². The molecule has 0 aromatic rings. The maximum atomic E-state index is 10.4. The van der Waals surface area contributed by atoms with Crippen LogP contribution in [0.1, 0.15) is 20.8 Å². The van der Waals surface area contributed by atoms with Gasteiger partial charge in [-0.3, -0.25) is 4.79 Å². The van der Waals surface area contributed by atoms with E-state index in [4.69, 9.17) is 4.74 Å². The summed E-state index contributed by atoms with van der Waals surface area (Å²) in [5.41, 5.74) is 0. The van der Waals surface area contributed by atoms with Crippen molar-refractivity contribution in [1.29, 1.82) is 0 Å². The van der Waals surface area contributed by atoms with E-state index in [1.54, 1.807) is 0 Å². The van der Waals surface area contributed by atoms with E-state index < -0.39 is 0 Å². The largest absolute Gasteiger partial charge is 0.459 e. The van der Waals surface area contributed by atoms with Crippen LogP contribution < -0.4 is 0 Å². The second kappa shape index (κ2) is 5.71. The van der Waals surface area contributed by atoms with E-state index in [0.717, 1.165) is 0 Å². The molecule has 0 rings (SSSR count). The third kappa shape index (κ3) is 6.84. The predicted octanol–water partition coefficient (Wildman–Crippen LogP) is 2.07. The molecular formula is C9H14O2. The summed E-state index contributed by atoms with van der Waals surface area (Å²) in [5, 5.41) is 0. The summed E-state index contributed by atoms with van der Waals surface area (Å²) in [6, 6.07) is 0. The molecule has 2 heteroatoms. The molecule has 1 unspecified atom stereocenters. The molecule has 11 heavy (non-hydrogen) atoms. The molecule has 0 N–H and O–H groups in total. The number of ether oxygens (including phenoxy) is 1. The van der Waals surface area contributed by atoms with E-state index in [1.807, 2.05) is 38.2 Å². The Morgan fingerprint density at radius 3 is 2.55 bits per heavy atom. The summed E-state index contributed by atoms with van der Waals surface area (Å²) in [5.74, 6) is -0.248. The molecule has 0 aliphatic heterocycles. The summed E-state index contributed by atoms with van der Waals surface area (Å²) in [6.07, 6.45) is 7.34. The van der Waals surface area contributed by atoms with Crippen LogP contribution in [-0.2, 0) is 9.53 Å². The first-order valence-corrected chi connectivity index (χ1v) is 3.63. The van der Waals surface area contributed by atoms with E-state index >= 15 is 0 Å². The zero-order chi connectivity index (χ0) is 8.69. The maximum absolute atomic E-state index is 10.4. The van der Waals surface area contributed by atoms with Crippen molar-refractivity contribution >= 4 is 5.97 Å². The van der Waals surface area contributed by atoms with Gasteiger partial charge < -0.3 is 4.74 Å². The lowest BCUT2D eigenvalue weighted by molar-refractivity contribution is -0.143. The molecule has 0 aliphatic rings. The fourth-order valence-corrected chi connectivity index (χ4v) is 0.633. The molecule has 0 amide bonds. The van der Waals surface area contributed by atoms with Gasteiger partial charge >= 0.3 is 5.97 Å². The summed E-state index contributed by atoms with van der Waals surface area (Å²) in [7, 11) is 0. The van der Waals surface area contributed by atoms with Crippen LogP contribution in [0.3, 0.4) is 0 Å². The van der Waals surface area contributed by atoms with Crippen LogP contribution in [-0.4, -0.2) is 12.1 Å². The Kier molecular flexibility index (Phi) is 5.17. The Hall–Kier alpha value is -1.05. The molecule has 0 aromatic carbocycles. The Bertz CT molecular complexity index is 168. The van der Waals surface area contributed by atoms with Crippen molar-refractivity contribution < 1.29 is 9.53 Å². The van der Waals surface area contributed by atoms with E-state index in [1.165, 1.54) is 6.92 Å². The smallest absolute Gasteiger partial charge is 0.303 e. The molecule has 0 aromatic heterocycles. The lowest BCUT2D eigenvalue weighted by Crippen LogP contribution is -2.08. The molecule has 1 atom stereocenters. The van der Waals surface area contributed by atoms with Crippen LogP contribution in [0.5, 0.6) is 0 Å². The lowest BCUT2D eigenvalue weighted by Gasteiger charge is -2.04. The second-order valence-electron chi connectivity index (χ2n) is 2.23. The van der Waals surface area contributed by atoms with Crippen molar-refractivity contribution in [2.75, 3.05) is 0 Å². The molecule has 0 saturated heterocycles. The number of allylic oxidation sites excluding steroid dienone is 3. The topological polar surface area (TPSA) is 26.3 Å². The standard InChI is InChI=1S/C9H14O2/c1-4-5-6-7-8(2)11-9(3)10/h4-8H,1-3H3/b5-4+,7-6?. The van der Waals surface area contributed by atoms with Crippen molar-refractivity contribution in [2.24, 2.45) is 0 Å². The van der Waals surface area contributed by atoms with Gasteiger partial charge in [0, 0.05) is 6.92 Å². The highest BCUT2D eigenvalue weighted by molar-refractivity contribution is 5.66. The maximum Gasteiger partial charge on any atom is 0.303 e. The molecule has 0 saturated carbocycles. The van der Waals surface area contributed by atoms with Crippen molar-refractivity contribution in [2.45, 2.75) is 26.9 Å². The van der Waals surface area contributed by atoms with E-state index in [9.17, 15) is 4.79 Å². The zero-order valence-corrected chi connectivity index (χ0v) is 7.20. The van der Waals surface area contributed by atoms with Gasteiger partial charge in [-0.1, -0.05) is 18.2 Å². The fraction of sp³-hybridized carbons (Fsp3) is 0.444. The number of carbonyl (C=O) groups excluding carboxylic acids is 1. The number of carbonyl (C=O) groups is 1. The summed E-state index contributed by atoms with van der Waals surface area (Å²) < 4.78 is 4.84. The number of esters is 1. The summed E-state index contributed by atoms with van der Waals surface area (Å²) in [4.78, 5) is 10.4. The molecule has 0 fully saturated rings.